The molecular weight excluding hydrogens is 385 g/mol. The standard InChI is InChI=1S/C19H24FN5O2.ClH/c1-13-10-14(20)2-3-16(13)25-12-17(26)18(22-25)19(27)24-7-4-15(11-24)23-8-5-21-6-9-23;/h2-3,10,12,15,21,26H,4-9,11H2,1H3;1H. The SMILES string of the molecule is Cc1cc(F)ccc1-n1cc(O)c(C(=O)N2CCC(N3CCNCC3)C2)n1.Cl. The minimum Gasteiger partial charge on any atom is -0.504 e. The largest absolute Gasteiger partial charge is 0.504 e. The monoisotopic (exact) mass is 409 g/mol. The van der Waals surface area contributed by atoms with Crippen LogP contribution in [-0.2, 0) is 0 Å². The normalized spacial score (nSPS) is 20.2. The number of aromatic hydroxyl groups is 1. The maximum absolute atomic E-state index is 13.3. The van der Waals surface area contributed by atoms with E-state index in [0.717, 1.165) is 32.6 Å². The fraction of sp³-hybridized carbons (Fsp3) is 0.474. The molecule has 28 heavy (non-hydrogen) atoms. The highest BCUT2D eigenvalue weighted by Gasteiger charge is 2.33. The Kier molecular flexibility index (Phi) is 6.22. The van der Waals surface area contributed by atoms with Crippen molar-refractivity contribution in [3.8, 4) is 11.4 Å². The number of nitrogens with one attached hydrogen (secondary N) is 1. The van der Waals surface area contributed by atoms with Gasteiger partial charge in [-0.15, -0.1) is 12.4 Å². The zero-order valence-electron chi connectivity index (χ0n) is 15.8. The van der Waals surface area contributed by atoms with E-state index in [1.807, 2.05) is 0 Å². The summed E-state index contributed by atoms with van der Waals surface area (Å²) in [6.45, 7) is 7.03. The molecule has 4 rings (SSSR count). The van der Waals surface area contributed by atoms with Crippen molar-refractivity contribution >= 4 is 18.3 Å². The van der Waals surface area contributed by atoms with Gasteiger partial charge in [0.25, 0.3) is 5.91 Å². The van der Waals surface area contributed by atoms with E-state index < -0.39 is 0 Å². The molecule has 2 aliphatic heterocycles. The molecule has 2 saturated heterocycles. The smallest absolute Gasteiger partial charge is 0.278 e. The van der Waals surface area contributed by atoms with Crippen LogP contribution in [0.25, 0.3) is 5.69 Å². The van der Waals surface area contributed by atoms with Crippen molar-refractivity contribution in [1.82, 2.24) is 24.9 Å². The number of nitrogens with zero attached hydrogens (tertiary/aromatic N) is 4. The lowest BCUT2D eigenvalue weighted by molar-refractivity contribution is 0.0764. The van der Waals surface area contributed by atoms with Gasteiger partial charge in [-0.25, -0.2) is 9.07 Å². The third-order valence-corrected chi connectivity index (χ3v) is 5.42. The van der Waals surface area contributed by atoms with Crippen LogP contribution >= 0.6 is 12.4 Å². The summed E-state index contributed by atoms with van der Waals surface area (Å²) in [7, 11) is 0. The quantitative estimate of drug-likeness (QED) is 0.805. The van der Waals surface area contributed by atoms with Gasteiger partial charge in [0, 0.05) is 45.3 Å². The molecule has 0 bridgehead atoms. The molecule has 1 aromatic heterocycles. The number of hydrogen-bond donors (Lipinski definition) is 2. The molecular formula is C19H25ClFN5O2. The first-order valence-electron chi connectivity index (χ1n) is 9.32. The molecule has 0 saturated carbocycles. The van der Waals surface area contributed by atoms with Crippen molar-refractivity contribution in [2.45, 2.75) is 19.4 Å². The van der Waals surface area contributed by atoms with Crippen molar-refractivity contribution in [1.29, 1.82) is 0 Å². The molecule has 1 unspecified atom stereocenters. The zero-order chi connectivity index (χ0) is 19.0. The summed E-state index contributed by atoms with van der Waals surface area (Å²) >= 11 is 0. The zero-order valence-corrected chi connectivity index (χ0v) is 16.6. The number of carbonyl (C=O) groups excluding carboxylic acids is 1. The van der Waals surface area contributed by atoms with Crippen molar-refractivity contribution in [2.75, 3.05) is 39.3 Å². The molecule has 1 aromatic carbocycles. The molecule has 1 amide bonds. The summed E-state index contributed by atoms with van der Waals surface area (Å²) in [5, 5.41) is 17.9. The molecule has 2 fully saturated rings. The first-order chi connectivity index (χ1) is 13.0. The van der Waals surface area contributed by atoms with Crippen LogP contribution in [0.4, 0.5) is 4.39 Å². The maximum atomic E-state index is 13.3. The second kappa shape index (κ2) is 8.46. The summed E-state index contributed by atoms with van der Waals surface area (Å²) in [6.07, 6.45) is 2.33. The summed E-state index contributed by atoms with van der Waals surface area (Å²) in [6, 6.07) is 4.68. The van der Waals surface area contributed by atoms with Gasteiger partial charge in [0.05, 0.1) is 11.9 Å². The molecule has 2 aromatic rings. The van der Waals surface area contributed by atoms with Crippen LogP contribution < -0.4 is 5.32 Å². The number of benzene rings is 1. The third-order valence-electron chi connectivity index (χ3n) is 5.42. The Morgan fingerprint density at radius 2 is 2.04 bits per heavy atom. The molecule has 2 aliphatic rings. The molecule has 0 aliphatic carbocycles. The second-order valence-corrected chi connectivity index (χ2v) is 7.22. The highest BCUT2D eigenvalue weighted by molar-refractivity contribution is 5.95. The number of aryl methyl sites for hydroxylation is 1. The van der Waals surface area contributed by atoms with Gasteiger partial charge in [0.1, 0.15) is 5.82 Å². The minimum absolute atomic E-state index is 0. The third kappa shape index (κ3) is 3.99. The number of likely N-dealkylation sites (tertiary alicyclic amines) is 1. The van der Waals surface area contributed by atoms with Crippen LogP contribution in [-0.4, -0.2) is 75.9 Å². The highest BCUT2D eigenvalue weighted by Crippen LogP contribution is 2.24. The van der Waals surface area contributed by atoms with E-state index >= 15 is 0 Å². The fourth-order valence-corrected chi connectivity index (χ4v) is 3.94. The second-order valence-electron chi connectivity index (χ2n) is 7.22. The Balaban J connectivity index is 0.00000225. The first kappa shape index (κ1) is 20.6. The maximum Gasteiger partial charge on any atom is 0.278 e. The van der Waals surface area contributed by atoms with Crippen molar-refractivity contribution in [3.63, 3.8) is 0 Å². The number of rotatable bonds is 3. The van der Waals surface area contributed by atoms with Crippen LogP contribution in [0.2, 0.25) is 0 Å². The molecule has 2 N–H and O–H groups in total. The van der Waals surface area contributed by atoms with E-state index in [9.17, 15) is 14.3 Å². The van der Waals surface area contributed by atoms with Crippen molar-refractivity contribution in [3.05, 3.63) is 41.5 Å². The van der Waals surface area contributed by atoms with Crippen molar-refractivity contribution < 1.29 is 14.3 Å². The average molecular weight is 410 g/mol. The molecule has 0 radical (unpaired) electrons. The summed E-state index contributed by atoms with van der Waals surface area (Å²) in [5.74, 6) is -0.752. The van der Waals surface area contributed by atoms with E-state index in [0.29, 0.717) is 30.4 Å². The highest BCUT2D eigenvalue weighted by atomic mass is 35.5. The van der Waals surface area contributed by atoms with Gasteiger partial charge in [-0.3, -0.25) is 9.69 Å². The fourth-order valence-electron chi connectivity index (χ4n) is 3.94. The van der Waals surface area contributed by atoms with Gasteiger partial charge in [-0.05, 0) is 37.1 Å². The van der Waals surface area contributed by atoms with Gasteiger partial charge in [0.2, 0.25) is 0 Å². The lowest BCUT2D eigenvalue weighted by atomic mass is 10.2. The molecule has 152 valence electrons. The number of piperazine rings is 1. The van der Waals surface area contributed by atoms with Crippen LogP contribution in [0.15, 0.2) is 24.4 Å². The van der Waals surface area contributed by atoms with E-state index in [1.54, 1.807) is 17.9 Å². The Morgan fingerprint density at radius 3 is 2.75 bits per heavy atom. The number of aromatic nitrogens is 2. The summed E-state index contributed by atoms with van der Waals surface area (Å²) in [5.41, 5.74) is 1.35. The molecule has 3 heterocycles. The molecule has 9 heteroatoms. The van der Waals surface area contributed by atoms with E-state index in [4.69, 9.17) is 0 Å². The lowest BCUT2D eigenvalue weighted by Gasteiger charge is -2.32. The van der Waals surface area contributed by atoms with Gasteiger partial charge in [-0.2, -0.15) is 5.10 Å². The number of amides is 1. The summed E-state index contributed by atoms with van der Waals surface area (Å²) in [4.78, 5) is 17.1. The average Bonchev–Trinajstić information content (AvgIpc) is 3.29. The van der Waals surface area contributed by atoms with Crippen LogP contribution in [0.1, 0.15) is 22.5 Å². The van der Waals surface area contributed by atoms with Gasteiger partial charge in [-0.1, -0.05) is 0 Å². The Labute approximate surface area is 169 Å². The number of halogens is 2. The molecule has 0 spiro atoms. The van der Waals surface area contributed by atoms with Crippen LogP contribution in [0.5, 0.6) is 5.75 Å². The van der Waals surface area contributed by atoms with Crippen molar-refractivity contribution in [2.24, 2.45) is 0 Å². The van der Waals surface area contributed by atoms with Crippen LogP contribution in [0.3, 0.4) is 0 Å². The van der Waals surface area contributed by atoms with E-state index in [1.165, 1.54) is 23.0 Å². The predicted octanol–water partition coefficient (Wildman–Crippen LogP) is 1.57. The van der Waals surface area contributed by atoms with Gasteiger partial charge in [0.15, 0.2) is 11.4 Å². The Hall–Kier alpha value is -2.16. The van der Waals surface area contributed by atoms with Gasteiger partial charge < -0.3 is 15.3 Å². The molecule has 7 nitrogen and oxygen atoms in total. The summed E-state index contributed by atoms with van der Waals surface area (Å²) < 4.78 is 14.8. The molecule has 1 atom stereocenters. The number of carbonyl (C=O) groups is 1. The van der Waals surface area contributed by atoms with Crippen LogP contribution in [0, 0.1) is 12.7 Å². The number of hydrogen-bond acceptors (Lipinski definition) is 5. The Bertz CT molecular complexity index is 853. The Morgan fingerprint density at radius 1 is 1.29 bits per heavy atom. The minimum atomic E-state index is -0.333. The topological polar surface area (TPSA) is 73.6 Å². The predicted molar refractivity (Wildman–Crippen MR) is 106 cm³/mol. The lowest BCUT2D eigenvalue weighted by Crippen LogP contribution is -2.49. The van der Waals surface area contributed by atoms with E-state index in [2.05, 4.69) is 15.3 Å². The van der Waals surface area contributed by atoms with Gasteiger partial charge >= 0.3 is 0 Å². The first-order valence-corrected chi connectivity index (χ1v) is 9.32. The van der Waals surface area contributed by atoms with E-state index in [-0.39, 0.29) is 35.6 Å².